The van der Waals surface area contributed by atoms with Gasteiger partial charge in [-0.1, -0.05) is 13.8 Å². The van der Waals surface area contributed by atoms with Crippen molar-refractivity contribution < 1.29 is 19.1 Å². The lowest BCUT2D eigenvalue weighted by Crippen LogP contribution is -2.43. The summed E-state index contributed by atoms with van der Waals surface area (Å²) in [7, 11) is 0. The molecule has 1 aliphatic heterocycles. The van der Waals surface area contributed by atoms with E-state index in [9.17, 15) is 14.4 Å². The van der Waals surface area contributed by atoms with Crippen molar-refractivity contribution in [1.82, 2.24) is 4.90 Å². The number of thiophene rings is 1. The van der Waals surface area contributed by atoms with E-state index in [1.54, 1.807) is 6.92 Å². The van der Waals surface area contributed by atoms with Gasteiger partial charge in [0.2, 0.25) is 11.8 Å². The summed E-state index contributed by atoms with van der Waals surface area (Å²) < 4.78 is 5.21. The van der Waals surface area contributed by atoms with Gasteiger partial charge >= 0.3 is 5.97 Å². The number of nitrogens with one attached hydrogen (secondary N) is 1. The van der Waals surface area contributed by atoms with Gasteiger partial charge in [-0.25, -0.2) is 4.79 Å². The second kappa shape index (κ2) is 8.42. The molecule has 0 bridgehead atoms. The van der Waals surface area contributed by atoms with Crippen LogP contribution in [0.2, 0.25) is 0 Å². The number of hydrogen-bond acceptors (Lipinski definition) is 5. The van der Waals surface area contributed by atoms with Crippen LogP contribution in [0.4, 0.5) is 5.00 Å². The van der Waals surface area contributed by atoms with Crippen LogP contribution in [-0.2, 0) is 14.3 Å². The Hall–Kier alpha value is -1.89. The molecular weight excluding hydrogens is 364 g/mol. The van der Waals surface area contributed by atoms with E-state index in [1.807, 2.05) is 24.1 Å². The summed E-state index contributed by atoms with van der Waals surface area (Å²) in [5.41, 5.74) is 1.54. The Kier molecular flexibility index (Phi) is 6.19. The smallest absolute Gasteiger partial charge is 0.341 e. The van der Waals surface area contributed by atoms with E-state index in [1.165, 1.54) is 11.3 Å². The number of hydrogen-bond donors (Lipinski definition) is 1. The molecule has 1 N–H and O–H groups in total. The number of anilines is 1. The van der Waals surface area contributed by atoms with E-state index in [0.29, 0.717) is 49.0 Å². The van der Waals surface area contributed by atoms with Gasteiger partial charge in [0.1, 0.15) is 5.00 Å². The monoisotopic (exact) mass is 392 g/mol. The van der Waals surface area contributed by atoms with Gasteiger partial charge in [0.25, 0.3) is 0 Å². The minimum Gasteiger partial charge on any atom is -0.462 e. The summed E-state index contributed by atoms with van der Waals surface area (Å²) in [5, 5.41) is 5.54. The number of piperidine rings is 1. The van der Waals surface area contributed by atoms with E-state index in [2.05, 4.69) is 5.32 Å². The average molecular weight is 393 g/mol. The molecule has 7 heteroatoms. The fraction of sp³-hybridized carbons (Fsp3) is 0.650. The van der Waals surface area contributed by atoms with Crippen molar-refractivity contribution >= 4 is 34.1 Å². The lowest BCUT2D eigenvalue weighted by atomic mass is 9.95. The Balaban J connectivity index is 1.65. The van der Waals surface area contributed by atoms with Crippen LogP contribution in [0.15, 0.2) is 5.38 Å². The van der Waals surface area contributed by atoms with Gasteiger partial charge in [-0.15, -0.1) is 11.3 Å². The van der Waals surface area contributed by atoms with Gasteiger partial charge in [0, 0.05) is 24.9 Å². The Morgan fingerprint density at radius 1 is 1.22 bits per heavy atom. The zero-order valence-electron chi connectivity index (χ0n) is 16.2. The first-order chi connectivity index (χ1) is 12.9. The molecule has 148 valence electrons. The Morgan fingerprint density at radius 3 is 2.44 bits per heavy atom. The van der Waals surface area contributed by atoms with E-state index in [4.69, 9.17) is 4.74 Å². The molecule has 2 aliphatic rings. The van der Waals surface area contributed by atoms with Gasteiger partial charge < -0.3 is 15.0 Å². The minimum atomic E-state index is -0.353. The van der Waals surface area contributed by atoms with Gasteiger partial charge in [0.15, 0.2) is 0 Å². The predicted octanol–water partition coefficient (Wildman–Crippen LogP) is 3.64. The number of nitrogens with zero attached hydrogens (tertiary/aromatic N) is 1. The molecule has 3 rings (SSSR count). The third-order valence-corrected chi connectivity index (χ3v) is 6.14. The second-order valence-corrected chi connectivity index (χ2v) is 8.51. The highest BCUT2D eigenvalue weighted by Gasteiger charge is 2.34. The van der Waals surface area contributed by atoms with Crippen molar-refractivity contribution in [2.45, 2.75) is 52.4 Å². The van der Waals surface area contributed by atoms with Crippen LogP contribution in [0.25, 0.3) is 0 Å². The quantitative estimate of drug-likeness (QED) is 0.750. The predicted molar refractivity (Wildman–Crippen MR) is 105 cm³/mol. The average Bonchev–Trinajstić information content (AvgIpc) is 3.41. The summed E-state index contributed by atoms with van der Waals surface area (Å²) in [6.45, 7) is 7.10. The number of carbonyl (C=O) groups excluding carboxylic acids is 3. The first-order valence-electron chi connectivity index (χ1n) is 9.80. The van der Waals surface area contributed by atoms with Gasteiger partial charge in [-0.05, 0) is 49.5 Å². The highest BCUT2D eigenvalue weighted by Crippen LogP contribution is 2.46. The van der Waals surface area contributed by atoms with E-state index in [0.717, 1.165) is 18.4 Å². The van der Waals surface area contributed by atoms with E-state index in [-0.39, 0.29) is 29.6 Å². The summed E-state index contributed by atoms with van der Waals surface area (Å²) in [6, 6.07) is 0. The van der Waals surface area contributed by atoms with Crippen molar-refractivity contribution in [3.8, 4) is 0 Å². The SMILES string of the molecule is CCOC(=O)c1c(C2CC2)csc1NC(=O)C1CCN(C(=O)C(C)C)CC1. The maximum Gasteiger partial charge on any atom is 0.341 e. The minimum absolute atomic E-state index is 0.0190. The molecule has 2 fully saturated rings. The molecule has 0 atom stereocenters. The molecule has 0 radical (unpaired) electrons. The number of esters is 1. The molecule has 0 spiro atoms. The second-order valence-electron chi connectivity index (χ2n) is 7.63. The first kappa shape index (κ1) is 19.9. The van der Waals surface area contributed by atoms with Crippen LogP contribution in [0.3, 0.4) is 0 Å². The molecule has 1 aromatic rings. The zero-order chi connectivity index (χ0) is 19.6. The number of carbonyl (C=O) groups is 3. The summed E-state index contributed by atoms with van der Waals surface area (Å²) in [6.07, 6.45) is 3.47. The fourth-order valence-corrected chi connectivity index (χ4v) is 4.55. The highest BCUT2D eigenvalue weighted by atomic mass is 32.1. The van der Waals surface area contributed by atoms with Crippen LogP contribution >= 0.6 is 11.3 Å². The summed E-state index contributed by atoms with van der Waals surface area (Å²) in [5.74, 6) is -0.0192. The largest absolute Gasteiger partial charge is 0.462 e. The van der Waals surface area contributed by atoms with Crippen molar-refractivity contribution in [3.05, 3.63) is 16.5 Å². The topological polar surface area (TPSA) is 75.7 Å². The van der Waals surface area contributed by atoms with Crippen molar-refractivity contribution in [2.75, 3.05) is 25.0 Å². The Bertz CT molecular complexity index is 716. The third-order valence-electron chi connectivity index (χ3n) is 5.22. The molecule has 1 saturated carbocycles. The van der Waals surface area contributed by atoms with Gasteiger partial charge in [-0.2, -0.15) is 0 Å². The van der Waals surface area contributed by atoms with Crippen LogP contribution in [0.5, 0.6) is 0 Å². The van der Waals surface area contributed by atoms with Crippen molar-refractivity contribution in [3.63, 3.8) is 0 Å². The molecule has 6 nitrogen and oxygen atoms in total. The molecule has 27 heavy (non-hydrogen) atoms. The lowest BCUT2D eigenvalue weighted by Gasteiger charge is -2.32. The van der Waals surface area contributed by atoms with Crippen molar-refractivity contribution in [2.24, 2.45) is 11.8 Å². The number of rotatable bonds is 6. The lowest BCUT2D eigenvalue weighted by molar-refractivity contribution is -0.137. The zero-order valence-corrected chi connectivity index (χ0v) is 17.1. The molecule has 1 saturated heterocycles. The number of ether oxygens (including phenoxy) is 1. The molecule has 2 amide bonds. The van der Waals surface area contributed by atoms with Crippen LogP contribution in [-0.4, -0.2) is 42.4 Å². The Labute approximate surface area is 164 Å². The highest BCUT2D eigenvalue weighted by molar-refractivity contribution is 7.15. The standard InChI is InChI=1S/C20H28N2O4S/c1-4-26-20(25)16-15(13-5-6-13)11-27-18(16)21-17(23)14-7-9-22(10-8-14)19(24)12(2)3/h11-14H,4-10H2,1-3H3,(H,21,23). The molecule has 1 aromatic heterocycles. The molecule has 2 heterocycles. The maximum absolute atomic E-state index is 12.7. The molecule has 0 aromatic carbocycles. The number of likely N-dealkylation sites (tertiary alicyclic amines) is 1. The van der Waals surface area contributed by atoms with Crippen LogP contribution < -0.4 is 5.32 Å². The fourth-order valence-electron chi connectivity index (χ4n) is 3.51. The first-order valence-corrected chi connectivity index (χ1v) is 10.7. The number of amides is 2. The molecule has 1 aliphatic carbocycles. The normalized spacial score (nSPS) is 17.9. The molecular formula is C20H28N2O4S. The maximum atomic E-state index is 12.7. The van der Waals surface area contributed by atoms with Crippen molar-refractivity contribution in [1.29, 1.82) is 0 Å². The summed E-state index contributed by atoms with van der Waals surface area (Å²) >= 11 is 1.40. The summed E-state index contributed by atoms with van der Waals surface area (Å²) in [4.78, 5) is 39.1. The third kappa shape index (κ3) is 4.51. The van der Waals surface area contributed by atoms with Crippen LogP contribution in [0.1, 0.15) is 68.3 Å². The van der Waals surface area contributed by atoms with Crippen LogP contribution in [0, 0.1) is 11.8 Å². The van der Waals surface area contributed by atoms with Gasteiger partial charge in [-0.3, -0.25) is 9.59 Å². The van der Waals surface area contributed by atoms with Gasteiger partial charge in [0.05, 0.1) is 12.2 Å². The Morgan fingerprint density at radius 2 is 1.89 bits per heavy atom. The molecule has 0 unspecified atom stereocenters. The van der Waals surface area contributed by atoms with E-state index >= 15 is 0 Å². The van der Waals surface area contributed by atoms with E-state index < -0.39 is 0 Å².